The van der Waals surface area contributed by atoms with Gasteiger partial charge in [0.25, 0.3) is 0 Å². The smallest absolute Gasteiger partial charge is 0.334 e. The Morgan fingerprint density at radius 2 is 1.53 bits per heavy atom. The van der Waals surface area contributed by atoms with Gasteiger partial charge < -0.3 is 9.64 Å². The van der Waals surface area contributed by atoms with E-state index in [2.05, 4.69) is 17.0 Å². The number of carbonyl (C=O) groups is 2. The quantitative estimate of drug-likeness (QED) is 0.494. The Morgan fingerprint density at radius 1 is 0.967 bits per heavy atom. The average Bonchev–Trinajstić information content (AvgIpc) is 2.79. The first-order valence-corrected chi connectivity index (χ1v) is 10.4. The van der Waals surface area contributed by atoms with Crippen LogP contribution in [0.5, 0.6) is 0 Å². The molecular formula is C24H30N2O4. The zero-order valence-corrected chi connectivity index (χ0v) is 17.8. The zero-order valence-electron chi connectivity index (χ0n) is 17.8. The van der Waals surface area contributed by atoms with Crippen molar-refractivity contribution in [2.45, 2.75) is 38.3 Å². The molecule has 0 atom stereocenters. The molecule has 6 heteroatoms. The van der Waals surface area contributed by atoms with Crippen LogP contribution in [0.15, 0.2) is 60.7 Å². The van der Waals surface area contributed by atoms with Gasteiger partial charge >= 0.3 is 5.97 Å². The van der Waals surface area contributed by atoms with Crippen LogP contribution in [0.25, 0.3) is 0 Å². The highest BCUT2D eigenvalue weighted by Gasteiger charge is 2.50. The maximum Gasteiger partial charge on any atom is 0.334 e. The lowest BCUT2D eigenvalue weighted by Gasteiger charge is -2.45. The molecule has 1 fully saturated rings. The van der Waals surface area contributed by atoms with Gasteiger partial charge in [-0.05, 0) is 30.4 Å². The van der Waals surface area contributed by atoms with Crippen molar-refractivity contribution in [3.05, 3.63) is 71.8 Å². The largest absolute Gasteiger partial charge is 0.467 e. The first-order chi connectivity index (χ1) is 14.5. The first-order valence-electron chi connectivity index (χ1n) is 10.4. The molecule has 0 spiro atoms. The van der Waals surface area contributed by atoms with E-state index in [1.807, 2.05) is 48.5 Å². The number of piperidine rings is 1. The number of ether oxygens (including phenoxy) is 1. The monoisotopic (exact) mass is 410 g/mol. The normalized spacial score (nSPS) is 16.1. The van der Waals surface area contributed by atoms with Gasteiger partial charge in [-0.1, -0.05) is 60.7 Å². The zero-order chi connectivity index (χ0) is 21.4. The maximum absolute atomic E-state index is 12.8. The lowest BCUT2D eigenvalue weighted by molar-refractivity contribution is -0.239. The molecule has 2 aromatic carbocycles. The van der Waals surface area contributed by atoms with Gasteiger partial charge in [-0.25, -0.2) is 9.86 Å². The highest BCUT2D eigenvalue weighted by Crippen LogP contribution is 2.32. The molecule has 0 unspecified atom stereocenters. The van der Waals surface area contributed by atoms with Crippen LogP contribution in [-0.2, 0) is 32.2 Å². The van der Waals surface area contributed by atoms with E-state index in [-0.39, 0.29) is 12.5 Å². The molecule has 0 radical (unpaired) electrons. The fourth-order valence-electron chi connectivity index (χ4n) is 3.99. The van der Waals surface area contributed by atoms with Crippen molar-refractivity contribution in [3.8, 4) is 0 Å². The molecule has 30 heavy (non-hydrogen) atoms. The van der Waals surface area contributed by atoms with Crippen LogP contribution < -0.4 is 0 Å². The minimum atomic E-state index is -1.10. The number of hydrogen-bond donors (Lipinski definition) is 0. The van der Waals surface area contributed by atoms with E-state index in [0.29, 0.717) is 25.9 Å². The average molecular weight is 411 g/mol. The summed E-state index contributed by atoms with van der Waals surface area (Å²) in [5.74, 6) is -0.720. The van der Waals surface area contributed by atoms with Crippen molar-refractivity contribution < 1.29 is 19.2 Å². The molecule has 1 aliphatic heterocycles. The number of nitrogens with zero attached hydrogens (tertiary/aromatic N) is 2. The van der Waals surface area contributed by atoms with Crippen LogP contribution in [0.1, 0.15) is 30.9 Å². The van der Waals surface area contributed by atoms with Crippen molar-refractivity contribution in [3.63, 3.8) is 0 Å². The summed E-state index contributed by atoms with van der Waals surface area (Å²) in [5.41, 5.74) is 1.13. The van der Waals surface area contributed by atoms with E-state index in [1.54, 1.807) is 0 Å². The number of methoxy groups -OCH3 is 1. The summed E-state index contributed by atoms with van der Waals surface area (Å²) >= 11 is 0. The molecule has 0 saturated carbocycles. The molecule has 1 saturated heterocycles. The Morgan fingerprint density at radius 3 is 2.07 bits per heavy atom. The number of esters is 1. The summed E-state index contributed by atoms with van der Waals surface area (Å²) in [5, 5.41) is 1.25. The lowest BCUT2D eigenvalue weighted by Crippen LogP contribution is -2.61. The second-order valence-electron chi connectivity index (χ2n) is 7.67. The second kappa shape index (κ2) is 10.4. The van der Waals surface area contributed by atoms with E-state index in [0.717, 1.165) is 18.5 Å². The highest BCUT2D eigenvalue weighted by molar-refractivity contribution is 5.86. The summed E-state index contributed by atoms with van der Waals surface area (Å²) in [6.45, 7) is 3.95. The van der Waals surface area contributed by atoms with Gasteiger partial charge in [0.05, 0.1) is 7.11 Å². The van der Waals surface area contributed by atoms with Crippen molar-refractivity contribution in [2.75, 3.05) is 26.7 Å². The van der Waals surface area contributed by atoms with Gasteiger partial charge in [-0.2, -0.15) is 0 Å². The van der Waals surface area contributed by atoms with Gasteiger partial charge in [0.2, 0.25) is 5.91 Å². The predicted molar refractivity (Wildman–Crippen MR) is 114 cm³/mol. The molecule has 3 rings (SSSR count). The van der Waals surface area contributed by atoms with Gasteiger partial charge in [-0.15, -0.1) is 0 Å². The van der Waals surface area contributed by atoms with Gasteiger partial charge in [-0.3, -0.25) is 9.63 Å². The second-order valence-corrected chi connectivity index (χ2v) is 7.67. The van der Waals surface area contributed by atoms with Crippen LogP contribution in [0.2, 0.25) is 0 Å². The molecule has 0 aromatic heterocycles. The molecule has 2 aromatic rings. The van der Waals surface area contributed by atoms with Crippen LogP contribution in [0.3, 0.4) is 0 Å². The molecule has 1 amide bonds. The maximum atomic E-state index is 12.8. The summed E-state index contributed by atoms with van der Waals surface area (Å²) in [7, 11) is 1.36. The van der Waals surface area contributed by atoms with Crippen LogP contribution in [0, 0.1) is 0 Å². The van der Waals surface area contributed by atoms with Gasteiger partial charge in [0, 0.05) is 26.6 Å². The Balaban J connectivity index is 1.67. The summed E-state index contributed by atoms with van der Waals surface area (Å²) < 4.78 is 5.11. The summed E-state index contributed by atoms with van der Waals surface area (Å²) in [6, 6.07) is 20.0. The number of carbonyl (C=O) groups excluding carboxylic acids is 2. The van der Waals surface area contributed by atoms with Crippen molar-refractivity contribution in [1.29, 1.82) is 0 Å². The van der Waals surface area contributed by atoms with E-state index in [9.17, 15) is 9.59 Å². The molecule has 6 nitrogen and oxygen atoms in total. The molecule has 0 bridgehead atoms. The Bertz CT molecular complexity index is 818. The minimum absolute atomic E-state index is 0.219. The molecule has 1 aliphatic rings. The Hall–Kier alpha value is -2.70. The van der Waals surface area contributed by atoms with Crippen LogP contribution in [0.4, 0.5) is 0 Å². The standard InChI is InChI=1S/C24H30N2O4/c1-20(27)26(30-19-22-11-7-4-8-12-22)24(23(28)29-2)14-17-25(18-15-24)16-13-21-9-5-3-6-10-21/h3-12H,13-19H2,1-2H3. The third-order valence-corrected chi connectivity index (χ3v) is 5.69. The molecule has 0 N–H and O–H groups in total. The Kier molecular flexibility index (Phi) is 7.60. The Labute approximate surface area is 178 Å². The predicted octanol–water partition coefficient (Wildman–Crippen LogP) is 3.22. The number of hydroxylamine groups is 2. The third kappa shape index (κ3) is 5.26. The fraction of sp³-hybridized carbons (Fsp3) is 0.417. The van der Waals surface area contributed by atoms with Crippen molar-refractivity contribution in [1.82, 2.24) is 9.96 Å². The third-order valence-electron chi connectivity index (χ3n) is 5.69. The lowest BCUT2D eigenvalue weighted by atomic mass is 9.86. The minimum Gasteiger partial charge on any atom is -0.467 e. The number of amides is 1. The molecule has 1 heterocycles. The molecule has 0 aliphatic carbocycles. The van der Waals surface area contributed by atoms with E-state index in [4.69, 9.17) is 9.57 Å². The number of hydrogen-bond acceptors (Lipinski definition) is 5. The first kappa shape index (κ1) is 22.0. The fourth-order valence-corrected chi connectivity index (χ4v) is 3.99. The van der Waals surface area contributed by atoms with Gasteiger partial charge in [0.1, 0.15) is 6.61 Å². The van der Waals surface area contributed by atoms with Crippen molar-refractivity contribution in [2.24, 2.45) is 0 Å². The topological polar surface area (TPSA) is 59.1 Å². The summed E-state index contributed by atoms with van der Waals surface area (Å²) in [6.07, 6.45) is 1.90. The van der Waals surface area contributed by atoms with E-state index >= 15 is 0 Å². The summed E-state index contributed by atoms with van der Waals surface area (Å²) in [4.78, 5) is 33.5. The van der Waals surface area contributed by atoms with E-state index in [1.165, 1.54) is 24.7 Å². The number of likely N-dealkylation sites (tertiary alicyclic amines) is 1. The van der Waals surface area contributed by atoms with Crippen LogP contribution in [-0.4, -0.2) is 54.1 Å². The number of rotatable bonds is 8. The van der Waals surface area contributed by atoms with E-state index < -0.39 is 11.5 Å². The number of benzene rings is 2. The van der Waals surface area contributed by atoms with Crippen molar-refractivity contribution >= 4 is 11.9 Å². The van der Waals surface area contributed by atoms with Crippen LogP contribution >= 0.6 is 0 Å². The molecule has 160 valence electrons. The molecular weight excluding hydrogens is 380 g/mol. The highest BCUT2D eigenvalue weighted by atomic mass is 16.7. The SMILES string of the molecule is COC(=O)C1(N(OCc2ccccc2)C(C)=O)CCN(CCc2ccccc2)CC1. The van der Waals surface area contributed by atoms with Gasteiger partial charge in [0.15, 0.2) is 5.54 Å².